The molecule has 0 bridgehead atoms. The van der Waals surface area contributed by atoms with E-state index in [2.05, 4.69) is 88.4 Å². The molecule has 0 aliphatic heterocycles. The molecule has 4 heteroatoms. The third kappa shape index (κ3) is 9.70. The van der Waals surface area contributed by atoms with E-state index < -0.39 is 0 Å². The number of aromatic nitrogens is 3. The van der Waals surface area contributed by atoms with Crippen LogP contribution in [0.2, 0.25) is 0 Å². The lowest BCUT2D eigenvalue weighted by atomic mass is 9.94. The highest BCUT2D eigenvalue weighted by Gasteiger charge is 2.18. The lowest BCUT2D eigenvalue weighted by molar-refractivity contribution is 0.599. The maximum Gasteiger partial charge on any atom is 0.164 e. The fraction of sp³-hybridized carbons (Fsp3) is 0.419. The van der Waals surface area contributed by atoms with Crippen molar-refractivity contribution in [1.82, 2.24) is 15.0 Å². The topological polar surface area (TPSA) is 38.7 Å². The van der Waals surface area contributed by atoms with E-state index in [9.17, 15) is 0 Å². The summed E-state index contributed by atoms with van der Waals surface area (Å²) in [4.78, 5) is 17.8. The van der Waals surface area contributed by atoms with Crippen molar-refractivity contribution in [3.63, 3.8) is 0 Å². The minimum absolute atomic E-state index is 0.699. The molecule has 5 aromatic rings. The lowest BCUT2D eigenvalue weighted by Crippen LogP contribution is -2.00. The molecule has 0 aliphatic rings. The van der Waals surface area contributed by atoms with E-state index in [0.717, 1.165) is 16.7 Å². The lowest BCUT2D eigenvalue weighted by Gasteiger charge is -2.11. The molecule has 0 N–H and O–H groups in total. The van der Waals surface area contributed by atoms with Crippen LogP contribution in [-0.2, 0) is 12.8 Å². The minimum Gasteiger partial charge on any atom is -0.208 e. The predicted octanol–water partition coefficient (Wildman–Crippen LogP) is 13.0. The molecule has 0 amide bonds. The molecule has 0 atom stereocenters. The molecule has 47 heavy (non-hydrogen) atoms. The maximum absolute atomic E-state index is 4.98. The third-order valence-electron chi connectivity index (χ3n) is 9.26. The largest absolute Gasteiger partial charge is 0.208 e. The molecule has 0 saturated heterocycles. The second-order valence-corrected chi connectivity index (χ2v) is 14.3. The Bertz CT molecular complexity index is 1650. The Morgan fingerprint density at radius 3 is 1.40 bits per heavy atom. The standard InChI is InChI=1S/C43H53N3S/c1-5-7-9-11-13-18-22-38-33(4)47-40(39(38)23-19-14-12-10-8-6-2)34-28-30-37(31-29-34)43-45-41(35-20-16-15-17-21-35)44-42(46-43)36-26-24-32(3)25-27-36/h15-17,20-21,24-31H,5-14,18-19,22-23H2,1-4H3. The highest BCUT2D eigenvalue weighted by atomic mass is 32.1. The second-order valence-electron chi connectivity index (χ2n) is 13.1. The van der Waals surface area contributed by atoms with Gasteiger partial charge in [-0.1, -0.05) is 162 Å². The first kappa shape index (κ1) is 34.7. The van der Waals surface area contributed by atoms with Gasteiger partial charge in [0.15, 0.2) is 17.5 Å². The zero-order chi connectivity index (χ0) is 32.8. The number of hydrogen-bond acceptors (Lipinski definition) is 4. The molecule has 0 aliphatic carbocycles. The number of nitrogens with zero attached hydrogens (tertiary/aromatic N) is 3. The van der Waals surface area contributed by atoms with E-state index >= 15 is 0 Å². The van der Waals surface area contributed by atoms with Crippen molar-refractivity contribution in [2.24, 2.45) is 0 Å². The van der Waals surface area contributed by atoms with E-state index in [1.165, 1.54) is 111 Å². The van der Waals surface area contributed by atoms with Gasteiger partial charge in [-0.2, -0.15) is 0 Å². The van der Waals surface area contributed by atoms with Crippen molar-refractivity contribution in [2.75, 3.05) is 0 Å². The van der Waals surface area contributed by atoms with Gasteiger partial charge < -0.3 is 0 Å². The summed E-state index contributed by atoms with van der Waals surface area (Å²) in [5, 5.41) is 0. The Balaban J connectivity index is 1.42. The monoisotopic (exact) mass is 643 g/mol. The zero-order valence-corrected chi connectivity index (χ0v) is 30.0. The van der Waals surface area contributed by atoms with Crippen molar-refractivity contribution in [1.29, 1.82) is 0 Å². The van der Waals surface area contributed by atoms with E-state index in [4.69, 9.17) is 15.0 Å². The summed E-state index contributed by atoms with van der Waals surface area (Å²) in [6.45, 7) is 9.05. The molecule has 0 saturated carbocycles. The van der Waals surface area contributed by atoms with Gasteiger partial charge in [0.05, 0.1) is 0 Å². The first-order valence-corrected chi connectivity index (χ1v) is 19.0. The summed E-state index contributed by atoms with van der Waals surface area (Å²) in [6.07, 6.45) is 18.5. The Labute approximate surface area is 288 Å². The summed E-state index contributed by atoms with van der Waals surface area (Å²) >= 11 is 2.00. The van der Waals surface area contributed by atoms with Crippen molar-refractivity contribution in [3.8, 4) is 44.6 Å². The molecule has 246 valence electrons. The SMILES string of the molecule is CCCCCCCCc1c(C)sc(-c2ccc(-c3nc(-c4ccccc4)nc(-c4ccc(C)cc4)n3)cc2)c1CCCCCCCC. The number of aryl methyl sites for hydroxylation is 2. The number of benzene rings is 3. The van der Waals surface area contributed by atoms with Gasteiger partial charge in [-0.15, -0.1) is 11.3 Å². The predicted molar refractivity (Wildman–Crippen MR) is 203 cm³/mol. The third-order valence-corrected chi connectivity index (χ3v) is 10.5. The van der Waals surface area contributed by atoms with Crippen molar-refractivity contribution >= 4 is 11.3 Å². The van der Waals surface area contributed by atoms with Crippen molar-refractivity contribution in [3.05, 3.63) is 100 Å². The normalized spacial score (nSPS) is 11.3. The summed E-state index contributed by atoms with van der Waals surface area (Å²) in [6, 6.07) is 27.6. The fourth-order valence-corrected chi connectivity index (χ4v) is 7.70. The summed E-state index contributed by atoms with van der Waals surface area (Å²) < 4.78 is 0. The van der Waals surface area contributed by atoms with Crippen LogP contribution in [0, 0.1) is 13.8 Å². The van der Waals surface area contributed by atoms with Gasteiger partial charge in [0, 0.05) is 26.4 Å². The van der Waals surface area contributed by atoms with Crippen LogP contribution in [0.3, 0.4) is 0 Å². The molecule has 0 fully saturated rings. The quantitative estimate of drug-likeness (QED) is 0.0892. The van der Waals surface area contributed by atoms with Gasteiger partial charge in [0.2, 0.25) is 0 Å². The van der Waals surface area contributed by atoms with Gasteiger partial charge in [0.25, 0.3) is 0 Å². The molecular formula is C43H53N3S. The number of unbranched alkanes of at least 4 members (excludes halogenated alkanes) is 10. The van der Waals surface area contributed by atoms with Gasteiger partial charge in [-0.05, 0) is 56.2 Å². The molecule has 0 radical (unpaired) electrons. The highest BCUT2D eigenvalue weighted by Crippen LogP contribution is 2.39. The summed E-state index contributed by atoms with van der Waals surface area (Å²) in [7, 11) is 0. The Kier molecular flexibility index (Phi) is 13.3. The first-order chi connectivity index (χ1) is 23.1. The molecule has 2 aromatic heterocycles. The average molecular weight is 644 g/mol. The Morgan fingerprint density at radius 1 is 0.447 bits per heavy atom. The smallest absolute Gasteiger partial charge is 0.164 e. The first-order valence-electron chi connectivity index (χ1n) is 18.2. The van der Waals surface area contributed by atoms with Crippen LogP contribution in [0.15, 0.2) is 78.9 Å². The molecular weight excluding hydrogens is 591 g/mol. The Morgan fingerprint density at radius 2 is 0.872 bits per heavy atom. The molecule has 2 heterocycles. The molecule has 3 aromatic carbocycles. The molecule has 0 spiro atoms. The van der Waals surface area contributed by atoms with E-state index in [1.807, 2.05) is 29.5 Å². The summed E-state index contributed by atoms with van der Waals surface area (Å²) in [5.74, 6) is 2.11. The molecule has 3 nitrogen and oxygen atoms in total. The van der Waals surface area contributed by atoms with Crippen LogP contribution in [-0.4, -0.2) is 15.0 Å². The molecule has 5 rings (SSSR count). The van der Waals surface area contributed by atoms with Gasteiger partial charge in [0.1, 0.15) is 0 Å². The van der Waals surface area contributed by atoms with E-state index in [0.29, 0.717) is 17.5 Å². The van der Waals surface area contributed by atoms with Crippen LogP contribution in [0.5, 0.6) is 0 Å². The van der Waals surface area contributed by atoms with Crippen LogP contribution < -0.4 is 0 Å². The number of thiophene rings is 1. The van der Waals surface area contributed by atoms with Gasteiger partial charge >= 0.3 is 0 Å². The second kappa shape index (κ2) is 18.1. The van der Waals surface area contributed by atoms with E-state index in [-0.39, 0.29) is 0 Å². The molecule has 0 unspecified atom stereocenters. The van der Waals surface area contributed by atoms with Crippen LogP contribution in [0.25, 0.3) is 44.6 Å². The van der Waals surface area contributed by atoms with E-state index in [1.54, 1.807) is 11.1 Å². The highest BCUT2D eigenvalue weighted by molar-refractivity contribution is 7.15. The number of hydrogen-bond donors (Lipinski definition) is 0. The Hall–Kier alpha value is -3.63. The fourth-order valence-electron chi connectivity index (χ4n) is 6.44. The minimum atomic E-state index is 0.699. The average Bonchev–Trinajstić information content (AvgIpc) is 3.42. The zero-order valence-electron chi connectivity index (χ0n) is 29.2. The van der Waals surface area contributed by atoms with Crippen LogP contribution in [0.1, 0.15) is 112 Å². The van der Waals surface area contributed by atoms with Crippen LogP contribution >= 0.6 is 11.3 Å². The van der Waals surface area contributed by atoms with Gasteiger partial charge in [-0.25, -0.2) is 15.0 Å². The maximum atomic E-state index is 4.98. The van der Waals surface area contributed by atoms with Crippen LogP contribution in [0.4, 0.5) is 0 Å². The van der Waals surface area contributed by atoms with Crippen molar-refractivity contribution in [2.45, 2.75) is 118 Å². The number of rotatable bonds is 18. The summed E-state index contributed by atoms with van der Waals surface area (Å²) in [5.41, 5.74) is 8.78. The van der Waals surface area contributed by atoms with Gasteiger partial charge in [-0.3, -0.25) is 0 Å². The van der Waals surface area contributed by atoms with Crippen molar-refractivity contribution < 1.29 is 0 Å².